The third-order valence-corrected chi connectivity index (χ3v) is 4.79. The first-order chi connectivity index (χ1) is 10.5. The van der Waals surface area contributed by atoms with Crippen LogP contribution in [0.1, 0.15) is 0 Å². The second kappa shape index (κ2) is 4.30. The smallest absolute Gasteiger partial charge is 0.272 e. The van der Waals surface area contributed by atoms with E-state index in [4.69, 9.17) is 0 Å². The molecule has 7 heteroatoms. The van der Waals surface area contributed by atoms with Gasteiger partial charge in [0.1, 0.15) is 0 Å². The molecule has 112 valence electrons. The van der Waals surface area contributed by atoms with Crippen molar-refractivity contribution in [2.24, 2.45) is 0 Å². The molecule has 4 aromatic rings. The molecule has 0 amide bonds. The Morgan fingerprint density at radius 2 is 1.73 bits per heavy atom. The molecule has 0 saturated carbocycles. The lowest BCUT2D eigenvalue weighted by Crippen LogP contribution is -2.18. The highest BCUT2D eigenvalue weighted by atomic mass is 32.2. The first-order valence-corrected chi connectivity index (χ1v) is 8.02. The molecule has 0 aliphatic heterocycles. The molecule has 4 heterocycles. The fraction of sp³-hybridized carbons (Fsp3) is 0.200. The summed E-state index contributed by atoms with van der Waals surface area (Å²) in [4.78, 5) is 27.6. The van der Waals surface area contributed by atoms with E-state index in [-0.39, 0.29) is 11.1 Å². The number of aromatic amines is 2. The number of hydrogen-bond acceptors (Lipinski definition) is 4. The summed E-state index contributed by atoms with van der Waals surface area (Å²) in [5.74, 6) is 0. The minimum atomic E-state index is -0.275. The molecule has 4 aromatic heterocycles. The number of rotatable bonds is 2. The van der Waals surface area contributed by atoms with Gasteiger partial charge in [-0.25, -0.2) is 0 Å². The van der Waals surface area contributed by atoms with Crippen molar-refractivity contribution in [3.05, 3.63) is 38.9 Å². The van der Waals surface area contributed by atoms with E-state index in [2.05, 4.69) is 22.3 Å². The van der Waals surface area contributed by atoms with Crippen molar-refractivity contribution in [1.29, 1.82) is 0 Å². The van der Waals surface area contributed by atoms with Crippen molar-refractivity contribution < 1.29 is 0 Å². The van der Waals surface area contributed by atoms with Crippen LogP contribution in [0.15, 0.2) is 32.7 Å². The lowest BCUT2D eigenvalue weighted by Gasteiger charge is -2.13. The molecule has 22 heavy (non-hydrogen) atoms. The molecule has 0 fully saturated rings. The molecule has 0 spiro atoms. The fourth-order valence-corrected chi connectivity index (χ4v) is 3.66. The van der Waals surface area contributed by atoms with Crippen molar-refractivity contribution in [3.8, 4) is 0 Å². The van der Waals surface area contributed by atoms with Gasteiger partial charge in [0.2, 0.25) is 0 Å². The SMILES string of the molecule is CSc1cc2cc(N(C)C)cc3c4c(=O)[nH][nH]c(=O)c4c1n23. The first-order valence-electron chi connectivity index (χ1n) is 6.79. The van der Waals surface area contributed by atoms with Crippen LogP contribution in [-0.2, 0) is 0 Å². The van der Waals surface area contributed by atoms with Gasteiger partial charge in [-0.1, -0.05) is 0 Å². The second-order valence-electron chi connectivity index (χ2n) is 5.47. The number of fused-ring (bicyclic) bond motifs is 3. The zero-order valence-electron chi connectivity index (χ0n) is 12.4. The van der Waals surface area contributed by atoms with Gasteiger partial charge in [-0.2, -0.15) is 0 Å². The number of hydrogen-bond donors (Lipinski definition) is 2. The van der Waals surface area contributed by atoms with Gasteiger partial charge in [0.25, 0.3) is 11.1 Å². The van der Waals surface area contributed by atoms with Crippen LogP contribution in [0.4, 0.5) is 5.69 Å². The van der Waals surface area contributed by atoms with Gasteiger partial charge in [-0.05, 0) is 24.5 Å². The average Bonchev–Trinajstić information content (AvgIpc) is 3.03. The lowest BCUT2D eigenvalue weighted by molar-refractivity contribution is 0.979. The van der Waals surface area contributed by atoms with Gasteiger partial charge in [0.15, 0.2) is 0 Å². The number of anilines is 1. The zero-order chi connectivity index (χ0) is 15.6. The minimum Gasteiger partial charge on any atom is -0.378 e. The number of thioether (sulfide) groups is 1. The Labute approximate surface area is 129 Å². The quantitative estimate of drug-likeness (QED) is 0.554. The maximum Gasteiger partial charge on any atom is 0.272 e. The Morgan fingerprint density at radius 1 is 1.05 bits per heavy atom. The Kier molecular flexibility index (Phi) is 2.59. The standard InChI is InChI=1S/C15H14N4O2S/c1-18(2)7-4-8-6-10(22-3)13-12-11(9(5-7)19(8)13)14(20)16-17-15(12)21/h4-6H,1-3H3,(H,16,20)(H,17,21). The summed E-state index contributed by atoms with van der Waals surface area (Å²) in [6.07, 6.45) is 1.97. The Bertz CT molecular complexity index is 1140. The van der Waals surface area contributed by atoms with Gasteiger partial charge in [0, 0.05) is 30.2 Å². The summed E-state index contributed by atoms with van der Waals surface area (Å²) in [5.41, 5.74) is 3.00. The Balaban J connectivity index is 2.42. The maximum absolute atomic E-state index is 12.3. The van der Waals surface area contributed by atoms with E-state index in [1.807, 2.05) is 35.7 Å². The average molecular weight is 314 g/mol. The van der Waals surface area contributed by atoms with Crippen LogP contribution in [0.25, 0.3) is 27.3 Å². The lowest BCUT2D eigenvalue weighted by atomic mass is 10.2. The van der Waals surface area contributed by atoms with Crippen LogP contribution >= 0.6 is 11.8 Å². The van der Waals surface area contributed by atoms with E-state index in [0.29, 0.717) is 10.8 Å². The molecular weight excluding hydrogens is 300 g/mol. The van der Waals surface area contributed by atoms with Crippen molar-refractivity contribution >= 4 is 44.8 Å². The van der Waals surface area contributed by atoms with Gasteiger partial charge >= 0.3 is 0 Å². The fourth-order valence-electron chi connectivity index (χ4n) is 3.04. The summed E-state index contributed by atoms with van der Waals surface area (Å²) >= 11 is 1.57. The van der Waals surface area contributed by atoms with E-state index in [0.717, 1.165) is 27.1 Å². The molecule has 2 N–H and O–H groups in total. The molecule has 0 radical (unpaired) electrons. The van der Waals surface area contributed by atoms with E-state index >= 15 is 0 Å². The largest absolute Gasteiger partial charge is 0.378 e. The van der Waals surface area contributed by atoms with Crippen LogP contribution in [0.3, 0.4) is 0 Å². The number of nitrogens with one attached hydrogen (secondary N) is 2. The van der Waals surface area contributed by atoms with Crippen LogP contribution < -0.4 is 16.0 Å². The summed E-state index contributed by atoms with van der Waals surface area (Å²) in [6, 6.07) is 6.06. The molecule has 0 atom stereocenters. The number of nitrogens with zero attached hydrogens (tertiary/aromatic N) is 2. The zero-order valence-corrected chi connectivity index (χ0v) is 13.2. The molecule has 0 saturated heterocycles. The number of H-pyrrole nitrogens is 2. The normalized spacial score (nSPS) is 12.0. The van der Waals surface area contributed by atoms with E-state index in [9.17, 15) is 9.59 Å². The predicted molar refractivity (Wildman–Crippen MR) is 90.9 cm³/mol. The summed E-state index contributed by atoms with van der Waals surface area (Å²) in [7, 11) is 3.91. The summed E-state index contributed by atoms with van der Waals surface area (Å²) in [6.45, 7) is 0. The number of aromatic nitrogens is 3. The topological polar surface area (TPSA) is 73.4 Å². The van der Waals surface area contributed by atoms with Crippen molar-refractivity contribution in [3.63, 3.8) is 0 Å². The van der Waals surface area contributed by atoms with E-state index < -0.39 is 0 Å². The molecular formula is C15H14N4O2S. The highest BCUT2D eigenvalue weighted by Gasteiger charge is 2.21. The predicted octanol–water partition coefficient (Wildman–Crippen LogP) is 1.85. The molecule has 0 unspecified atom stereocenters. The van der Waals surface area contributed by atoms with Gasteiger partial charge < -0.3 is 9.30 Å². The minimum absolute atomic E-state index is 0.271. The third kappa shape index (κ3) is 1.51. The van der Waals surface area contributed by atoms with E-state index in [1.54, 1.807) is 11.8 Å². The monoisotopic (exact) mass is 314 g/mol. The molecule has 0 aliphatic carbocycles. The molecule has 0 bridgehead atoms. The highest BCUT2D eigenvalue weighted by molar-refractivity contribution is 7.98. The number of pyridine rings is 1. The molecule has 4 rings (SSSR count). The Morgan fingerprint density at radius 3 is 2.36 bits per heavy atom. The van der Waals surface area contributed by atoms with Crippen molar-refractivity contribution in [1.82, 2.24) is 14.6 Å². The van der Waals surface area contributed by atoms with Crippen molar-refractivity contribution in [2.75, 3.05) is 25.3 Å². The maximum atomic E-state index is 12.3. The van der Waals surface area contributed by atoms with Crippen LogP contribution in [0, 0.1) is 0 Å². The van der Waals surface area contributed by atoms with Crippen LogP contribution in [0.5, 0.6) is 0 Å². The van der Waals surface area contributed by atoms with Gasteiger partial charge in [-0.15, -0.1) is 11.8 Å². The third-order valence-electron chi connectivity index (χ3n) is 4.04. The van der Waals surface area contributed by atoms with Crippen LogP contribution in [-0.4, -0.2) is 34.9 Å². The molecule has 6 nitrogen and oxygen atoms in total. The summed E-state index contributed by atoms with van der Waals surface area (Å²) < 4.78 is 1.99. The molecule has 0 aromatic carbocycles. The molecule has 0 aliphatic rings. The van der Waals surface area contributed by atoms with Gasteiger partial charge in [0.05, 0.1) is 21.8 Å². The van der Waals surface area contributed by atoms with Crippen molar-refractivity contribution in [2.45, 2.75) is 4.90 Å². The van der Waals surface area contributed by atoms with E-state index in [1.165, 1.54) is 0 Å². The van der Waals surface area contributed by atoms with Crippen LogP contribution in [0.2, 0.25) is 0 Å². The van der Waals surface area contributed by atoms with Gasteiger partial charge in [-0.3, -0.25) is 19.8 Å². The summed E-state index contributed by atoms with van der Waals surface area (Å²) in [5, 5.41) is 5.76. The first kappa shape index (κ1) is 13.3. The second-order valence-corrected chi connectivity index (χ2v) is 6.32. The Hall–Kier alpha value is -2.41. The highest BCUT2D eigenvalue weighted by Crippen LogP contribution is 2.37.